The molecule has 32 heavy (non-hydrogen) atoms. The summed E-state index contributed by atoms with van der Waals surface area (Å²) in [5, 5.41) is 10.8. The number of pyridine rings is 1. The number of nitrogens with one attached hydrogen (secondary N) is 2. The first-order valence-electron chi connectivity index (χ1n) is 10.0. The number of carbonyl (C=O) groups excluding carboxylic acids is 1. The van der Waals surface area contributed by atoms with Crippen LogP contribution in [-0.4, -0.2) is 30.5 Å². The summed E-state index contributed by atoms with van der Waals surface area (Å²) in [5.41, 5.74) is 3.76. The number of nitrogens with zero attached hydrogens (tertiary/aromatic N) is 5. The number of para-hydroxylation sites is 1. The van der Waals surface area contributed by atoms with Gasteiger partial charge in [-0.15, -0.1) is 5.10 Å². The SMILES string of the molecule is Cc1cc(Nc2ccc(C(=O)Nc3ccccc3)cc2)n2nc(-c3cccnc3)nc2n1. The van der Waals surface area contributed by atoms with Crippen molar-refractivity contribution in [3.05, 3.63) is 96.4 Å². The Morgan fingerprint density at radius 1 is 0.906 bits per heavy atom. The molecule has 0 aliphatic carbocycles. The predicted octanol–water partition coefficient (Wildman–Crippen LogP) is 4.49. The Hall–Kier alpha value is -4.59. The van der Waals surface area contributed by atoms with Gasteiger partial charge in [0.2, 0.25) is 0 Å². The molecule has 0 unspecified atom stereocenters. The lowest BCUT2D eigenvalue weighted by molar-refractivity contribution is 0.102. The van der Waals surface area contributed by atoms with Crippen LogP contribution in [0.1, 0.15) is 16.1 Å². The molecule has 0 saturated heterocycles. The monoisotopic (exact) mass is 421 g/mol. The van der Waals surface area contributed by atoms with Crippen molar-refractivity contribution in [3.8, 4) is 11.4 Å². The van der Waals surface area contributed by atoms with Gasteiger partial charge < -0.3 is 10.6 Å². The van der Waals surface area contributed by atoms with Crippen molar-refractivity contribution >= 4 is 28.9 Å². The zero-order valence-corrected chi connectivity index (χ0v) is 17.2. The highest BCUT2D eigenvalue weighted by atomic mass is 16.1. The maximum absolute atomic E-state index is 12.5. The van der Waals surface area contributed by atoms with Gasteiger partial charge in [0.15, 0.2) is 5.82 Å². The Bertz CT molecular complexity index is 1380. The third-order valence-electron chi connectivity index (χ3n) is 4.81. The first kappa shape index (κ1) is 19.4. The third kappa shape index (κ3) is 4.01. The summed E-state index contributed by atoms with van der Waals surface area (Å²) in [5.74, 6) is 1.59. The van der Waals surface area contributed by atoms with Crippen molar-refractivity contribution in [2.75, 3.05) is 10.6 Å². The first-order valence-corrected chi connectivity index (χ1v) is 10.0. The quantitative estimate of drug-likeness (QED) is 0.434. The molecule has 5 rings (SSSR count). The molecule has 3 aromatic heterocycles. The normalized spacial score (nSPS) is 10.8. The second-order valence-electron chi connectivity index (χ2n) is 7.19. The van der Waals surface area contributed by atoms with Crippen LogP contribution in [0.3, 0.4) is 0 Å². The molecular formula is C24H19N7O. The third-order valence-corrected chi connectivity index (χ3v) is 4.81. The van der Waals surface area contributed by atoms with Crippen LogP contribution >= 0.6 is 0 Å². The molecule has 2 aromatic carbocycles. The summed E-state index contributed by atoms with van der Waals surface area (Å²) in [7, 11) is 0. The molecule has 1 amide bonds. The number of fused-ring (bicyclic) bond motifs is 1. The maximum Gasteiger partial charge on any atom is 0.255 e. The molecule has 0 atom stereocenters. The summed E-state index contributed by atoms with van der Waals surface area (Å²) < 4.78 is 1.66. The molecule has 3 heterocycles. The van der Waals surface area contributed by atoms with E-state index in [0.29, 0.717) is 17.2 Å². The summed E-state index contributed by atoms with van der Waals surface area (Å²) >= 11 is 0. The summed E-state index contributed by atoms with van der Waals surface area (Å²) in [6.07, 6.45) is 3.42. The minimum Gasteiger partial charge on any atom is -0.340 e. The Balaban J connectivity index is 1.39. The fourth-order valence-corrected chi connectivity index (χ4v) is 3.27. The van der Waals surface area contributed by atoms with Gasteiger partial charge in [-0.2, -0.15) is 9.50 Å². The zero-order valence-electron chi connectivity index (χ0n) is 17.2. The van der Waals surface area contributed by atoms with Gasteiger partial charge in [-0.05, 0) is 55.5 Å². The van der Waals surface area contributed by atoms with E-state index in [-0.39, 0.29) is 5.91 Å². The molecule has 5 aromatic rings. The smallest absolute Gasteiger partial charge is 0.255 e. The number of hydrogen-bond acceptors (Lipinski definition) is 6. The fraction of sp³-hybridized carbons (Fsp3) is 0.0417. The molecule has 0 bridgehead atoms. The molecule has 156 valence electrons. The number of anilines is 3. The zero-order chi connectivity index (χ0) is 21.9. The van der Waals surface area contributed by atoms with E-state index in [4.69, 9.17) is 0 Å². The lowest BCUT2D eigenvalue weighted by atomic mass is 10.2. The molecule has 8 nitrogen and oxygen atoms in total. The maximum atomic E-state index is 12.5. The molecule has 2 N–H and O–H groups in total. The van der Waals surface area contributed by atoms with Crippen molar-refractivity contribution in [2.24, 2.45) is 0 Å². The number of aryl methyl sites for hydroxylation is 1. The van der Waals surface area contributed by atoms with E-state index in [1.807, 2.05) is 67.6 Å². The molecule has 0 aliphatic rings. The first-order chi connectivity index (χ1) is 15.7. The van der Waals surface area contributed by atoms with E-state index in [2.05, 4.69) is 30.7 Å². The summed E-state index contributed by atoms with van der Waals surface area (Å²) in [6.45, 7) is 1.90. The van der Waals surface area contributed by atoms with Crippen LogP contribution in [0.5, 0.6) is 0 Å². The van der Waals surface area contributed by atoms with Crippen molar-refractivity contribution < 1.29 is 4.79 Å². The Labute approximate surface area is 184 Å². The fourth-order valence-electron chi connectivity index (χ4n) is 3.27. The van der Waals surface area contributed by atoms with Crippen molar-refractivity contribution in [3.63, 3.8) is 0 Å². The van der Waals surface area contributed by atoms with Gasteiger partial charge in [-0.1, -0.05) is 18.2 Å². The van der Waals surface area contributed by atoms with E-state index >= 15 is 0 Å². The number of aromatic nitrogens is 5. The standard InChI is InChI=1S/C24H19N7O/c1-16-14-21(31-24(26-16)29-22(30-31)18-6-5-13-25-15-18)27-20-11-9-17(10-12-20)23(32)28-19-7-3-2-4-8-19/h2-15,27H,1H3,(H,28,32). The van der Waals surface area contributed by atoms with Gasteiger partial charge >= 0.3 is 0 Å². The van der Waals surface area contributed by atoms with E-state index in [1.54, 1.807) is 29.0 Å². The molecule has 8 heteroatoms. The van der Waals surface area contributed by atoms with Gasteiger partial charge in [0.05, 0.1) is 0 Å². The highest BCUT2D eigenvalue weighted by molar-refractivity contribution is 6.04. The van der Waals surface area contributed by atoms with Crippen LogP contribution in [-0.2, 0) is 0 Å². The predicted molar refractivity (Wildman–Crippen MR) is 123 cm³/mol. The average Bonchev–Trinajstić information content (AvgIpc) is 3.25. The van der Waals surface area contributed by atoms with E-state index in [0.717, 1.165) is 28.5 Å². The molecule has 0 aliphatic heterocycles. The largest absolute Gasteiger partial charge is 0.340 e. The molecular weight excluding hydrogens is 402 g/mol. The molecule has 0 fully saturated rings. The number of carbonyl (C=O) groups is 1. The highest BCUT2D eigenvalue weighted by Gasteiger charge is 2.12. The lowest BCUT2D eigenvalue weighted by Gasteiger charge is -2.10. The van der Waals surface area contributed by atoms with Crippen molar-refractivity contribution in [1.82, 2.24) is 24.6 Å². The van der Waals surface area contributed by atoms with E-state index in [9.17, 15) is 4.79 Å². The van der Waals surface area contributed by atoms with Crippen LogP contribution in [0.4, 0.5) is 17.2 Å². The minimum absolute atomic E-state index is 0.165. The molecule has 0 saturated carbocycles. The summed E-state index contributed by atoms with van der Waals surface area (Å²) in [4.78, 5) is 25.6. The van der Waals surface area contributed by atoms with Crippen LogP contribution in [0.2, 0.25) is 0 Å². The Morgan fingerprint density at radius 2 is 1.72 bits per heavy atom. The second kappa shape index (κ2) is 8.27. The van der Waals surface area contributed by atoms with Crippen molar-refractivity contribution in [1.29, 1.82) is 0 Å². The lowest BCUT2D eigenvalue weighted by Crippen LogP contribution is -2.11. The average molecular weight is 421 g/mol. The van der Waals surface area contributed by atoms with Crippen LogP contribution < -0.4 is 10.6 Å². The number of amides is 1. The number of rotatable bonds is 5. The molecule has 0 radical (unpaired) electrons. The Morgan fingerprint density at radius 3 is 2.47 bits per heavy atom. The summed E-state index contributed by atoms with van der Waals surface area (Å²) in [6, 6.07) is 22.2. The second-order valence-corrected chi connectivity index (χ2v) is 7.19. The highest BCUT2D eigenvalue weighted by Crippen LogP contribution is 2.21. The number of benzene rings is 2. The van der Waals surface area contributed by atoms with Crippen molar-refractivity contribution in [2.45, 2.75) is 6.92 Å². The van der Waals surface area contributed by atoms with Gasteiger partial charge in [-0.25, -0.2) is 4.98 Å². The van der Waals surface area contributed by atoms with E-state index < -0.39 is 0 Å². The van der Waals surface area contributed by atoms with Gasteiger partial charge in [0.25, 0.3) is 11.7 Å². The van der Waals surface area contributed by atoms with E-state index in [1.165, 1.54) is 0 Å². The van der Waals surface area contributed by atoms with Crippen LogP contribution in [0.25, 0.3) is 17.2 Å². The van der Waals surface area contributed by atoms with Crippen LogP contribution in [0, 0.1) is 6.92 Å². The van der Waals surface area contributed by atoms with Gasteiger partial charge in [-0.3, -0.25) is 9.78 Å². The van der Waals surface area contributed by atoms with Gasteiger partial charge in [0.1, 0.15) is 5.82 Å². The minimum atomic E-state index is -0.165. The topological polar surface area (TPSA) is 97.1 Å². The Kier molecular flexibility index (Phi) is 5.01. The van der Waals surface area contributed by atoms with Crippen LogP contribution in [0.15, 0.2) is 85.2 Å². The molecule has 0 spiro atoms. The van der Waals surface area contributed by atoms with Gasteiger partial charge in [0, 0.05) is 46.7 Å². The number of hydrogen-bond donors (Lipinski definition) is 2.